The topological polar surface area (TPSA) is 58.4 Å². The van der Waals surface area contributed by atoms with Gasteiger partial charge in [0.2, 0.25) is 0 Å². The Morgan fingerprint density at radius 3 is 2.59 bits per heavy atom. The first-order valence-corrected chi connectivity index (χ1v) is 8.79. The van der Waals surface area contributed by atoms with Crippen LogP contribution in [0.25, 0.3) is 11.3 Å². The molecule has 0 fully saturated rings. The van der Waals surface area contributed by atoms with Gasteiger partial charge in [-0.15, -0.1) is 0 Å². The Balaban J connectivity index is 1.60. The molecule has 1 atom stereocenters. The van der Waals surface area contributed by atoms with Gasteiger partial charge in [-0.25, -0.2) is 22.4 Å². The molecule has 0 saturated heterocycles. The standard InChI is InChI=1S/C20H15F4N3O2/c1-10-5-17-14(19(29-26-17)11-3-2-4-12(21)6-11)9-27(10)20(28)25-13-7-15(22)18(24)16(23)8-13/h2-4,6-8,10H,5,9H2,1H3,(H,25,28)/t10-/m0/s1. The largest absolute Gasteiger partial charge is 0.356 e. The van der Waals surface area contributed by atoms with Crippen molar-refractivity contribution in [2.45, 2.75) is 25.9 Å². The van der Waals surface area contributed by atoms with Crippen LogP contribution >= 0.6 is 0 Å². The highest BCUT2D eigenvalue weighted by Gasteiger charge is 2.32. The average molecular weight is 405 g/mol. The lowest BCUT2D eigenvalue weighted by Crippen LogP contribution is -2.44. The zero-order valence-corrected chi connectivity index (χ0v) is 15.2. The predicted molar refractivity (Wildman–Crippen MR) is 95.9 cm³/mol. The van der Waals surface area contributed by atoms with Crippen LogP contribution in [-0.4, -0.2) is 22.1 Å². The van der Waals surface area contributed by atoms with Crippen molar-refractivity contribution >= 4 is 11.7 Å². The predicted octanol–water partition coefficient (Wildman–Crippen LogP) is 4.88. The van der Waals surface area contributed by atoms with E-state index < -0.39 is 29.3 Å². The van der Waals surface area contributed by atoms with Gasteiger partial charge in [0.05, 0.1) is 12.2 Å². The van der Waals surface area contributed by atoms with Crippen molar-refractivity contribution in [1.29, 1.82) is 0 Å². The molecule has 29 heavy (non-hydrogen) atoms. The summed E-state index contributed by atoms with van der Waals surface area (Å²) in [6.07, 6.45) is 0.383. The van der Waals surface area contributed by atoms with Crippen molar-refractivity contribution < 1.29 is 26.9 Å². The van der Waals surface area contributed by atoms with E-state index in [0.29, 0.717) is 41.1 Å². The first-order valence-electron chi connectivity index (χ1n) is 8.79. The highest BCUT2D eigenvalue weighted by atomic mass is 19.2. The van der Waals surface area contributed by atoms with Gasteiger partial charge in [0, 0.05) is 41.4 Å². The molecule has 4 rings (SSSR count). The fourth-order valence-corrected chi connectivity index (χ4v) is 3.33. The van der Waals surface area contributed by atoms with Gasteiger partial charge in [0.1, 0.15) is 5.82 Å². The van der Waals surface area contributed by atoms with Crippen molar-refractivity contribution in [2.75, 3.05) is 5.32 Å². The van der Waals surface area contributed by atoms with E-state index in [2.05, 4.69) is 10.5 Å². The number of carbonyl (C=O) groups excluding carboxylic acids is 1. The van der Waals surface area contributed by atoms with Crippen molar-refractivity contribution in [3.05, 3.63) is 70.9 Å². The monoisotopic (exact) mass is 405 g/mol. The number of nitrogens with zero attached hydrogens (tertiary/aromatic N) is 2. The molecule has 1 aliphatic rings. The average Bonchev–Trinajstić information content (AvgIpc) is 3.08. The molecule has 150 valence electrons. The van der Waals surface area contributed by atoms with Crippen LogP contribution in [0.2, 0.25) is 0 Å². The van der Waals surface area contributed by atoms with E-state index in [1.165, 1.54) is 23.1 Å². The van der Waals surface area contributed by atoms with Crippen molar-refractivity contribution in [1.82, 2.24) is 10.1 Å². The number of anilines is 1. The number of hydrogen-bond donors (Lipinski definition) is 1. The number of rotatable bonds is 2. The van der Waals surface area contributed by atoms with Gasteiger partial charge >= 0.3 is 6.03 Å². The lowest BCUT2D eigenvalue weighted by atomic mass is 9.97. The smallest absolute Gasteiger partial charge is 0.322 e. The van der Waals surface area contributed by atoms with Crippen LogP contribution in [-0.2, 0) is 13.0 Å². The third-order valence-corrected chi connectivity index (χ3v) is 4.80. The van der Waals surface area contributed by atoms with Crippen LogP contribution in [0.1, 0.15) is 18.2 Å². The fourth-order valence-electron chi connectivity index (χ4n) is 3.33. The number of hydrogen-bond acceptors (Lipinski definition) is 3. The van der Waals surface area contributed by atoms with Gasteiger partial charge in [-0.3, -0.25) is 0 Å². The molecule has 1 aromatic heterocycles. The number of urea groups is 1. The quantitative estimate of drug-likeness (QED) is 0.489. The van der Waals surface area contributed by atoms with E-state index in [4.69, 9.17) is 4.52 Å². The molecule has 2 heterocycles. The summed E-state index contributed by atoms with van der Waals surface area (Å²) in [4.78, 5) is 14.1. The Labute approximate surface area is 162 Å². The summed E-state index contributed by atoms with van der Waals surface area (Å²) >= 11 is 0. The maximum absolute atomic E-state index is 13.6. The minimum absolute atomic E-state index is 0.101. The number of halogens is 4. The summed E-state index contributed by atoms with van der Waals surface area (Å²) in [5.74, 6) is -4.50. The second-order valence-corrected chi connectivity index (χ2v) is 6.81. The third-order valence-electron chi connectivity index (χ3n) is 4.80. The zero-order chi connectivity index (χ0) is 20.7. The molecule has 3 aromatic rings. The molecular weight excluding hydrogens is 390 g/mol. The second-order valence-electron chi connectivity index (χ2n) is 6.81. The summed E-state index contributed by atoms with van der Waals surface area (Å²) in [7, 11) is 0. The summed E-state index contributed by atoms with van der Waals surface area (Å²) in [5, 5.41) is 6.40. The van der Waals surface area contributed by atoms with Crippen molar-refractivity contribution in [3.8, 4) is 11.3 Å². The molecule has 0 aliphatic carbocycles. The van der Waals surface area contributed by atoms with Gasteiger partial charge in [0.15, 0.2) is 23.2 Å². The number of carbonyl (C=O) groups is 1. The van der Waals surface area contributed by atoms with E-state index in [-0.39, 0.29) is 18.3 Å². The van der Waals surface area contributed by atoms with Crippen LogP contribution < -0.4 is 5.32 Å². The lowest BCUT2D eigenvalue weighted by molar-refractivity contribution is 0.182. The Morgan fingerprint density at radius 1 is 1.17 bits per heavy atom. The number of amides is 2. The second kappa shape index (κ2) is 7.23. The normalized spacial score (nSPS) is 15.9. The Bertz CT molecular complexity index is 1080. The summed E-state index contributed by atoms with van der Waals surface area (Å²) in [5.41, 5.74) is 1.55. The highest BCUT2D eigenvalue weighted by molar-refractivity contribution is 5.89. The molecule has 0 bridgehead atoms. The van der Waals surface area contributed by atoms with E-state index in [1.54, 1.807) is 13.0 Å². The SMILES string of the molecule is C[C@H]1Cc2noc(-c3cccc(F)c3)c2CN1C(=O)Nc1cc(F)c(F)c(F)c1. The number of nitrogens with one attached hydrogen (secondary N) is 1. The van der Waals surface area contributed by atoms with Crippen LogP contribution in [0.4, 0.5) is 28.0 Å². The van der Waals surface area contributed by atoms with Crippen LogP contribution in [0.5, 0.6) is 0 Å². The van der Waals surface area contributed by atoms with E-state index in [1.807, 2.05) is 0 Å². The fraction of sp³-hybridized carbons (Fsp3) is 0.200. The number of aromatic nitrogens is 1. The van der Waals surface area contributed by atoms with E-state index in [0.717, 1.165) is 0 Å². The maximum Gasteiger partial charge on any atom is 0.322 e. The molecule has 2 amide bonds. The summed E-state index contributed by atoms with van der Waals surface area (Å²) in [6, 6.07) is 6.29. The number of fused-ring (bicyclic) bond motifs is 1. The van der Waals surface area contributed by atoms with Gasteiger partial charge in [-0.05, 0) is 19.1 Å². The van der Waals surface area contributed by atoms with Gasteiger partial charge in [0.25, 0.3) is 0 Å². The van der Waals surface area contributed by atoms with Gasteiger partial charge < -0.3 is 14.7 Å². The van der Waals surface area contributed by atoms with Crippen molar-refractivity contribution in [3.63, 3.8) is 0 Å². The minimum Gasteiger partial charge on any atom is -0.356 e. The van der Waals surface area contributed by atoms with Crippen LogP contribution in [0.3, 0.4) is 0 Å². The minimum atomic E-state index is -1.61. The maximum atomic E-state index is 13.6. The Morgan fingerprint density at radius 2 is 1.90 bits per heavy atom. The lowest BCUT2D eigenvalue weighted by Gasteiger charge is -2.32. The number of benzene rings is 2. The zero-order valence-electron chi connectivity index (χ0n) is 15.2. The van der Waals surface area contributed by atoms with Gasteiger partial charge in [-0.2, -0.15) is 0 Å². The van der Waals surface area contributed by atoms with Crippen LogP contribution in [0, 0.1) is 23.3 Å². The highest BCUT2D eigenvalue weighted by Crippen LogP contribution is 2.33. The summed E-state index contributed by atoms with van der Waals surface area (Å²) < 4.78 is 58.9. The molecule has 0 unspecified atom stereocenters. The molecule has 1 N–H and O–H groups in total. The molecule has 9 heteroatoms. The molecule has 1 aliphatic heterocycles. The van der Waals surface area contributed by atoms with Crippen LogP contribution in [0.15, 0.2) is 40.9 Å². The molecule has 5 nitrogen and oxygen atoms in total. The van der Waals surface area contributed by atoms with Crippen molar-refractivity contribution in [2.24, 2.45) is 0 Å². The molecule has 0 saturated carbocycles. The molecule has 0 spiro atoms. The molecule has 2 aromatic carbocycles. The Kier molecular flexibility index (Phi) is 4.73. The Hall–Kier alpha value is -3.36. The first kappa shape index (κ1) is 19.0. The van der Waals surface area contributed by atoms with E-state index >= 15 is 0 Å². The molecule has 0 radical (unpaired) electrons. The summed E-state index contributed by atoms with van der Waals surface area (Å²) in [6.45, 7) is 1.88. The van der Waals surface area contributed by atoms with E-state index in [9.17, 15) is 22.4 Å². The first-order chi connectivity index (χ1) is 13.8. The molecular formula is C20H15F4N3O2. The van der Waals surface area contributed by atoms with Gasteiger partial charge in [-0.1, -0.05) is 17.3 Å². The third kappa shape index (κ3) is 3.55.